The monoisotopic (exact) mass is 230 g/mol. The first kappa shape index (κ1) is 12.1. The van der Waals surface area contributed by atoms with Gasteiger partial charge < -0.3 is 9.47 Å². The molecule has 1 aromatic rings. The van der Waals surface area contributed by atoms with Gasteiger partial charge in [-0.3, -0.25) is 4.79 Å². The summed E-state index contributed by atoms with van der Waals surface area (Å²) in [6.07, 6.45) is 0. The van der Waals surface area contributed by atoms with Gasteiger partial charge in [0.05, 0.1) is 19.8 Å². The number of benzene rings is 1. The largest absolute Gasteiger partial charge is 0.491 e. The number of hydrogen-bond acceptors (Lipinski definition) is 4. The molecule has 4 nitrogen and oxygen atoms in total. The van der Waals surface area contributed by atoms with Crippen molar-refractivity contribution < 1.29 is 27.8 Å². The third kappa shape index (κ3) is 2.00. The van der Waals surface area contributed by atoms with E-state index in [0.717, 1.165) is 26.4 Å². The van der Waals surface area contributed by atoms with Gasteiger partial charge in [0, 0.05) is 0 Å². The average Bonchev–Trinajstić information content (AvgIpc) is 2.28. The summed E-state index contributed by atoms with van der Waals surface area (Å²) in [5, 5.41) is 0. The van der Waals surface area contributed by atoms with Crippen LogP contribution >= 0.6 is 0 Å². The van der Waals surface area contributed by atoms with Gasteiger partial charge >= 0.3 is 5.97 Å². The molecule has 0 amide bonds. The molecular weight excluding hydrogens is 222 g/mol. The van der Waals surface area contributed by atoms with E-state index in [-0.39, 0.29) is 0 Å². The highest BCUT2D eigenvalue weighted by Crippen LogP contribution is 2.24. The second-order valence-electron chi connectivity index (χ2n) is 2.76. The molecule has 0 radical (unpaired) electrons. The summed E-state index contributed by atoms with van der Waals surface area (Å²) in [7, 11) is 2.03. The number of esters is 1. The van der Waals surface area contributed by atoms with Crippen molar-refractivity contribution in [2.24, 2.45) is 0 Å². The molecule has 0 fully saturated rings. The molecule has 0 aliphatic rings. The second-order valence-corrected chi connectivity index (χ2v) is 2.76. The maximum Gasteiger partial charge on any atom is 0.379 e. The molecule has 0 unspecified atom stereocenters. The summed E-state index contributed by atoms with van der Waals surface area (Å²) in [6, 6.07) is 1.69. The molecule has 0 bridgehead atoms. The van der Waals surface area contributed by atoms with Crippen LogP contribution in [0.15, 0.2) is 12.1 Å². The van der Waals surface area contributed by atoms with Crippen molar-refractivity contribution in [2.75, 3.05) is 14.2 Å². The van der Waals surface area contributed by atoms with Crippen LogP contribution in [0.1, 0.15) is 10.4 Å². The zero-order valence-electron chi connectivity index (χ0n) is 8.54. The fourth-order valence-electron chi connectivity index (χ4n) is 1.10. The van der Waals surface area contributed by atoms with E-state index in [1.807, 2.05) is 0 Å². The third-order valence-corrected chi connectivity index (χ3v) is 1.87. The molecule has 16 heavy (non-hydrogen) atoms. The summed E-state index contributed by atoms with van der Waals surface area (Å²) < 4.78 is 35.0. The molecule has 1 rings (SSSR count). The Balaban J connectivity index is 3.26. The highest BCUT2D eigenvalue weighted by atomic mass is 19.1. The molecular formula is C10H8F2O4. The minimum absolute atomic E-state index is 0.592. The molecule has 0 heterocycles. The minimum atomic E-state index is -1.23. The number of ether oxygens (including phenoxy) is 2. The standard InChI is InChI=1S/C10H8F2O4/c1-15-9-6(11)4-3-5(7(9)12)8(13)10(14)16-2/h3-4H,1-2H3. The Morgan fingerprint density at radius 2 is 1.81 bits per heavy atom. The van der Waals surface area contributed by atoms with Crippen LogP contribution in [0.5, 0.6) is 5.75 Å². The number of halogens is 2. The lowest BCUT2D eigenvalue weighted by atomic mass is 10.1. The van der Waals surface area contributed by atoms with Crippen molar-refractivity contribution in [3.05, 3.63) is 29.3 Å². The van der Waals surface area contributed by atoms with Gasteiger partial charge in [0.1, 0.15) is 0 Å². The van der Waals surface area contributed by atoms with Crippen LogP contribution in [0.2, 0.25) is 0 Å². The Kier molecular flexibility index (Phi) is 3.55. The number of hydrogen-bond donors (Lipinski definition) is 0. The van der Waals surface area contributed by atoms with Crippen molar-refractivity contribution in [3.8, 4) is 5.75 Å². The van der Waals surface area contributed by atoms with E-state index in [2.05, 4.69) is 9.47 Å². The first-order chi connectivity index (χ1) is 7.52. The number of methoxy groups -OCH3 is 2. The highest BCUT2D eigenvalue weighted by Gasteiger charge is 2.24. The van der Waals surface area contributed by atoms with Crippen molar-refractivity contribution in [1.29, 1.82) is 0 Å². The molecule has 0 aliphatic carbocycles. The van der Waals surface area contributed by atoms with Crippen LogP contribution in [-0.4, -0.2) is 26.0 Å². The van der Waals surface area contributed by atoms with E-state index < -0.39 is 34.7 Å². The van der Waals surface area contributed by atoms with Crippen molar-refractivity contribution in [2.45, 2.75) is 0 Å². The van der Waals surface area contributed by atoms with Crippen LogP contribution < -0.4 is 4.74 Å². The Morgan fingerprint density at radius 3 is 2.31 bits per heavy atom. The van der Waals surface area contributed by atoms with Crippen LogP contribution in [0, 0.1) is 11.6 Å². The van der Waals surface area contributed by atoms with E-state index in [4.69, 9.17) is 0 Å². The molecule has 6 heteroatoms. The molecule has 0 aromatic heterocycles. The summed E-state index contributed by atoms with van der Waals surface area (Å²) >= 11 is 0. The van der Waals surface area contributed by atoms with Gasteiger partial charge in [-0.25, -0.2) is 13.6 Å². The molecule has 0 N–H and O–H groups in total. The fraction of sp³-hybridized carbons (Fsp3) is 0.200. The van der Waals surface area contributed by atoms with E-state index in [1.54, 1.807) is 0 Å². The average molecular weight is 230 g/mol. The highest BCUT2D eigenvalue weighted by molar-refractivity contribution is 6.40. The van der Waals surface area contributed by atoms with Crippen LogP contribution in [0.3, 0.4) is 0 Å². The van der Waals surface area contributed by atoms with Gasteiger partial charge in [-0.05, 0) is 12.1 Å². The van der Waals surface area contributed by atoms with Gasteiger partial charge in [-0.15, -0.1) is 0 Å². The zero-order valence-corrected chi connectivity index (χ0v) is 8.54. The number of ketones is 1. The lowest BCUT2D eigenvalue weighted by Crippen LogP contribution is -2.17. The molecule has 1 aromatic carbocycles. The van der Waals surface area contributed by atoms with Gasteiger partial charge in [0.2, 0.25) is 0 Å². The lowest BCUT2D eigenvalue weighted by molar-refractivity contribution is -0.135. The predicted octanol–water partition coefficient (Wildman–Crippen LogP) is 1.33. The van der Waals surface area contributed by atoms with Gasteiger partial charge in [-0.1, -0.05) is 0 Å². The van der Waals surface area contributed by atoms with Crippen molar-refractivity contribution >= 4 is 11.8 Å². The Bertz CT molecular complexity index is 443. The first-order valence-corrected chi connectivity index (χ1v) is 4.17. The third-order valence-electron chi connectivity index (χ3n) is 1.87. The summed E-state index contributed by atoms with van der Waals surface area (Å²) in [6.45, 7) is 0. The summed E-state index contributed by atoms with van der Waals surface area (Å²) in [5.74, 6) is -5.32. The number of rotatable bonds is 3. The molecule has 0 saturated carbocycles. The number of Topliss-reactive ketones (excluding diaryl/α,β-unsaturated/α-hetero) is 1. The zero-order chi connectivity index (χ0) is 12.3. The van der Waals surface area contributed by atoms with Crippen LogP contribution in [0.4, 0.5) is 8.78 Å². The van der Waals surface area contributed by atoms with E-state index in [9.17, 15) is 18.4 Å². The van der Waals surface area contributed by atoms with E-state index in [0.29, 0.717) is 0 Å². The molecule has 0 spiro atoms. The fourth-order valence-corrected chi connectivity index (χ4v) is 1.10. The Morgan fingerprint density at radius 1 is 1.19 bits per heavy atom. The molecule has 0 saturated heterocycles. The number of carbonyl (C=O) groups excluding carboxylic acids is 2. The number of carbonyl (C=O) groups is 2. The molecule has 0 aliphatic heterocycles. The topological polar surface area (TPSA) is 52.6 Å². The van der Waals surface area contributed by atoms with E-state index >= 15 is 0 Å². The van der Waals surface area contributed by atoms with Gasteiger partial charge in [-0.2, -0.15) is 0 Å². The SMILES string of the molecule is COC(=O)C(=O)c1ccc(F)c(OC)c1F. The molecule has 86 valence electrons. The maximum atomic E-state index is 13.5. The van der Waals surface area contributed by atoms with Gasteiger partial charge in [0.25, 0.3) is 5.78 Å². The molecule has 0 atom stereocenters. The Hall–Kier alpha value is -1.98. The second kappa shape index (κ2) is 4.69. The van der Waals surface area contributed by atoms with E-state index in [1.165, 1.54) is 0 Å². The predicted molar refractivity (Wildman–Crippen MR) is 49.3 cm³/mol. The van der Waals surface area contributed by atoms with Crippen molar-refractivity contribution in [3.63, 3.8) is 0 Å². The summed E-state index contributed by atoms with van der Waals surface area (Å²) in [4.78, 5) is 22.2. The van der Waals surface area contributed by atoms with Crippen molar-refractivity contribution in [1.82, 2.24) is 0 Å². The van der Waals surface area contributed by atoms with Crippen LogP contribution in [-0.2, 0) is 9.53 Å². The Labute approximate surface area is 89.8 Å². The lowest BCUT2D eigenvalue weighted by Gasteiger charge is -2.06. The minimum Gasteiger partial charge on any atom is -0.491 e. The van der Waals surface area contributed by atoms with Gasteiger partial charge in [0.15, 0.2) is 17.4 Å². The smallest absolute Gasteiger partial charge is 0.379 e. The summed E-state index contributed by atoms with van der Waals surface area (Å²) in [5.41, 5.74) is -0.592. The quantitative estimate of drug-likeness (QED) is 0.446. The normalized spacial score (nSPS) is 9.75. The van der Waals surface area contributed by atoms with Crippen LogP contribution in [0.25, 0.3) is 0 Å². The first-order valence-electron chi connectivity index (χ1n) is 4.17. The maximum absolute atomic E-state index is 13.5.